The second-order valence-electron chi connectivity index (χ2n) is 3.17. The summed E-state index contributed by atoms with van der Waals surface area (Å²) < 4.78 is 23.4. The van der Waals surface area contributed by atoms with Crippen LogP contribution in [0.1, 0.15) is 12.5 Å². The summed E-state index contributed by atoms with van der Waals surface area (Å²) in [7, 11) is -2.84. The molecule has 3 nitrogen and oxygen atoms in total. The Morgan fingerprint density at radius 1 is 1.53 bits per heavy atom. The minimum Gasteiger partial charge on any atom is -0.312 e. The molecule has 0 aliphatic heterocycles. The van der Waals surface area contributed by atoms with Crippen LogP contribution in [0.25, 0.3) is 0 Å². The molecule has 0 amide bonds. The fourth-order valence-electron chi connectivity index (χ4n) is 1.04. The van der Waals surface area contributed by atoms with Crippen LogP contribution in [0.5, 0.6) is 0 Å². The van der Waals surface area contributed by atoms with Crippen molar-refractivity contribution in [2.75, 3.05) is 18.1 Å². The van der Waals surface area contributed by atoms with Gasteiger partial charge < -0.3 is 5.32 Å². The van der Waals surface area contributed by atoms with Crippen molar-refractivity contribution in [1.82, 2.24) is 5.32 Å². The van der Waals surface area contributed by atoms with E-state index in [0.29, 0.717) is 6.54 Å². The lowest BCUT2D eigenvalue weighted by Crippen LogP contribution is -2.23. The molecule has 1 rings (SSSR count). The minimum atomic E-state index is -2.84. The van der Waals surface area contributed by atoms with Crippen LogP contribution in [0.15, 0.2) is 15.2 Å². The van der Waals surface area contributed by atoms with Crippen molar-refractivity contribution < 1.29 is 8.42 Å². The van der Waals surface area contributed by atoms with Crippen LogP contribution in [0.3, 0.4) is 0 Å². The molecule has 1 aromatic rings. The summed E-state index contributed by atoms with van der Waals surface area (Å²) in [5.41, 5.74) is 1.18. The molecule has 0 saturated heterocycles. The van der Waals surface area contributed by atoms with Crippen molar-refractivity contribution in [3.63, 3.8) is 0 Å². The third-order valence-electron chi connectivity index (χ3n) is 1.98. The molecule has 0 spiro atoms. The Balaban J connectivity index is 2.23. The summed E-state index contributed by atoms with van der Waals surface area (Å²) in [5, 5.41) is 5.16. The van der Waals surface area contributed by atoms with E-state index in [1.165, 1.54) is 5.56 Å². The zero-order valence-electron chi connectivity index (χ0n) is 8.49. The molecule has 0 atom stereocenters. The molecule has 0 bridgehead atoms. The number of thiophene rings is 1. The molecular weight excluding hydrogens is 298 g/mol. The number of halogens is 1. The van der Waals surface area contributed by atoms with Crippen LogP contribution in [-0.4, -0.2) is 26.5 Å². The van der Waals surface area contributed by atoms with Crippen LogP contribution in [0.4, 0.5) is 0 Å². The number of rotatable bonds is 6. The summed E-state index contributed by atoms with van der Waals surface area (Å²) in [5.74, 6) is 0.438. The van der Waals surface area contributed by atoms with Gasteiger partial charge in [0.15, 0.2) is 9.84 Å². The monoisotopic (exact) mass is 311 g/mol. The van der Waals surface area contributed by atoms with Crippen molar-refractivity contribution in [3.8, 4) is 0 Å². The van der Waals surface area contributed by atoms with Gasteiger partial charge in [-0.25, -0.2) is 8.42 Å². The minimum absolute atomic E-state index is 0.217. The second kappa shape index (κ2) is 5.98. The highest BCUT2D eigenvalue weighted by molar-refractivity contribution is 9.11. The molecule has 15 heavy (non-hydrogen) atoms. The third kappa shape index (κ3) is 5.10. The average molecular weight is 312 g/mol. The highest BCUT2D eigenvalue weighted by atomic mass is 79.9. The highest BCUT2D eigenvalue weighted by Gasteiger charge is 2.06. The molecule has 0 saturated carbocycles. The molecule has 1 N–H and O–H groups in total. The zero-order valence-corrected chi connectivity index (χ0v) is 11.7. The predicted octanol–water partition coefficient (Wildman–Crippen LogP) is 2.03. The second-order valence-corrected chi connectivity index (χ2v) is 7.94. The Labute approximate surface area is 103 Å². The molecule has 0 fully saturated rings. The number of hydrogen-bond donors (Lipinski definition) is 1. The molecule has 0 aromatic carbocycles. The lowest BCUT2D eigenvalue weighted by atomic mass is 10.3. The first-order chi connectivity index (χ1) is 7.03. The maximum atomic E-state index is 11.2. The Hall–Kier alpha value is 0.0900. The topological polar surface area (TPSA) is 46.2 Å². The van der Waals surface area contributed by atoms with Gasteiger partial charge in [0, 0.05) is 18.8 Å². The standard InChI is InChI=1S/C9H14BrNO2S2/c1-2-15(12,13)4-3-11-6-8-5-9(10)14-7-8/h5,7,11H,2-4,6H2,1H3. The molecule has 86 valence electrons. The van der Waals surface area contributed by atoms with E-state index in [1.54, 1.807) is 18.3 Å². The fraction of sp³-hybridized carbons (Fsp3) is 0.556. The van der Waals surface area contributed by atoms with Gasteiger partial charge in [-0.05, 0) is 32.9 Å². The number of sulfone groups is 1. The molecule has 1 heterocycles. The molecule has 0 aliphatic carbocycles. The van der Waals surface area contributed by atoms with E-state index >= 15 is 0 Å². The van der Waals surface area contributed by atoms with Crippen molar-refractivity contribution in [2.45, 2.75) is 13.5 Å². The van der Waals surface area contributed by atoms with Gasteiger partial charge in [-0.2, -0.15) is 0 Å². The van der Waals surface area contributed by atoms with E-state index in [1.807, 2.05) is 11.4 Å². The van der Waals surface area contributed by atoms with E-state index in [9.17, 15) is 8.42 Å². The van der Waals surface area contributed by atoms with Crippen molar-refractivity contribution in [2.24, 2.45) is 0 Å². The molecule has 0 unspecified atom stereocenters. The molecular formula is C9H14BrNO2S2. The first-order valence-corrected chi connectivity index (χ1v) is 8.17. The Morgan fingerprint density at radius 2 is 2.27 bits per heavy atom. The van der Waals surface area contributed by atoms with Gasteiger partial charge in [0.25, 0.3) is 0 Å². The quantitative estimate of drug-likeness (QED) is 0.818. The van der Waals surface area contributed by atoms with E-state index in [-0.39, 0.29) is 11.5 Å². The largest absolute Gasteiger partial charge is 0.312 e. The average Bonchev–Trinajstić information content (AvgIpc) is 2.59. The van der Waals surface area contributed by atoms with E-state index in [0.717, 1.165) is 10.3 Å². The van der Waals surface area contributed by atoms with Gasteiger partial charge in [-0.15, -0.1) is 11.3 Å². The van der Waals surface area contributed by atoms with E-state index in [2.05, 4.69) is 21.2 Å². The van der Waals surface area contributed by atoms with Crippen LogP contribution in [0.2, 0.25) is 0 Å². The van der Waals surface area contributed by atoms with Gasteiger partial charge in [-0.3, -0.25) is 0 Å². The van der Waals surface area contributed by atoms with Crippen LogP contribution in [-0.2, 0) is 16.4 Å². The molecule has 0 radical (unpaired) electrons. The maximum absolute atomic E-state index is 11.2. The summed E-state index contributed by atoms with van der Waals surface area (Å²) in [4.78, 5) is 0. The summed E-state index contributed by atoms with van der Waals surface area (Å²) in [6, 6.07) is 2.03. The van der Waals surface area contributed by atoms with Crippen LogP contribution >= 0.6 is 27.3 Å². The lowest BCUT2D eigenvalue weighted by Gasteiger charge is -2.02. The number of hydrogen-bond acceptors (Lipinski definition) is 4. The maximum Gasteiger partial charge on any atom is 0.151 e. The van der Waals surface area contributed by atoms with Crippen LogP contribution < -0.4 is 5.32 Å². The van der Waals surface area contributed by atoms with Gasteiger partial charge in [0.2, 0.25) is 0 Å². The summed E-state index contributed by atoms with van der Waals surface area (Å²) in [6.45, 7) is 2.91. The smallest absolute Gasteiger partial charge is 0.151 e. The zero-order chi connectivity index (χ0) is 11.3. The molecule has 0 aliphatic rings. The number of nitrogens with one attached hydrogen (secondary N) is 1. The van der Waals surface area contributed by atoms with Crippen molar-refractivity contribution in [3.05, 3.63) is 20.8 Å². The predicted molar refractivity (Wildman–Crippen MR) is 68.1 cm³/mol. The first-order valence-electron chi connectivity index (χ1n) is 4.67. The SMILES string of the molecule is CCS(=O)(=O)CCNCc1csc(Br)c1. The molecule has 6 heteroatoms. The van der Waals surface area contributed by atoms with Gasteiger partial charge >= 0.3 is 0 Å². The Morgan fingerprint density at radius 3 is 2.80 bits per heavy atom. The van der Waals surface area contributed by atoms with Crippen LogP contribution in [0, 0.1) is 0 Å². The molecule has 1 aromatic heterocycles. The van der Waals surface area contributed by atoms with Crippen molar-refractivity contribution in [1.29, 1.82) is 0 Å². The highest BCUT2D eigenvalue weighted by Crippen LogP contribution is 2.20. The Bertz CT molecular complexity index is 400. The van der Waals surface area contributed by atoms with Crippen molar-refractivity contribution >= 4 is 37.1 Å². The van der Waals surface area contributed by atoms with Gasteiger partial charge in [0.05, 0.1) is 9.54 Å². The van der Waals surface area contributed by atoms with Gasteiger partial charge in [0.1, 0.15) is 0 Å². The Kier molecular flexibility index (Phi) is 5.25. The fourth-order valence-corrected chi connectivity index (χ4v) is 3.00. The van der Waals surface area contributed by atoms with E-state index < -0.39 is 9.84 Å². The lowest BCUT2D eigenvalue weighted by molar-refractivity contribution is 0.592. The van der Waals surface area contributed by atoms with E-state index in [4.69, 9.17) is 0 Å². The summed E-state index contributed by atoms with van der Waals surface area (Å²) >= 11 is 5.01. The van der Waals surface area contributed by atoms with Gasteiger partial charge in [-0.1, -0.05) is 6.92 Å². The third-order valence-corrected chi connectivity index (χ3v) is 5.24. The first kappa shape index (κ1) is 13.2. The summed E-state index contributed by atoms with van der Waals surface area (Å²) in [6.07, 6.45) is 0. The normalized spacial score (nSPS) is 11.9.